The Morgan fingerprint density at radius 1 is 1.28 bits per heavy atom. The van der Waals surface area contributed by atoms with Gasteiger partial charge in [-0.3, -0.25) is 0 Å². The number of hydrogen-bond acceptors (Lipinski definition) is 2. The van der Waals surface area contributed by atoms with Crippen LogP contribution in [0, 0.1) is 11.3 Å². The lowest BCUT2D eigenvalue weighted by Gasteiger charge is -2.55. The standard InChI is InChI=1S/C16H23NO/c1-11(12-7-5-4-6-8-12)17-14-13-9-10-18-15(13)16(14,2)3/h4-8,11,13-15,17H,9-10H2,1-3H3/t11-,13?,14?,15?/m1/s1. The SMILES string of the molecule is C[C@@H](NC1C2CCOC2C1(C)C)c1ccccc1. The zero-order chi connectivity index (χ0) is 12.8. The minimum atomic E-state index is 0.268. The fourth-order valence-electron chi connectivity index (χ4n) is 3.77. The second kappa shape index (κ2) is 4.36. The summed E-state index contributed by atoms with van der Waals surface area (Å²) < 4.78 is 5.84. The van der Waals surface area contributed by atoms with Gasteiger partial charge in [-0.05, 0) is 18.9 Å². The van der Waals surface area contributed by atoms with Crippen molar-refractivity contribution in [3.63, 3.8) is 0 Å². The van der Waals surface area contributed by atoms with Crippen molar-refractivity contribution in [3.05, 3.63) is 35.9 Å². The van der Waals surface area contributed by atoms with E-state index in [0.29, 0.717) is 24.1 Å². The highest BCUT2D eigenvalue weighted by Crippen LogP contribution is 2.52. The molecule has 0 bridgehead atoms. The Balaban J connectivity index is 1.70. The monoisotopic (exact) mass is 245 g/mol. The van der Waals surface area contributed by atoms with Crippen molar-refractivity contribution in [2.24, 2.45) is 11.3 Å². The maximum atomic E-state index is 5.84. The van der Waals surface area contributed by atoms with E-state index in [1.807, 2.05) is 0 Å². The van der Waals surface area contributed by atoms with E-state index in [9.17, 15) is 0 Å². The van der Waals surface area contributed by atoms with E-state index in [1.54, 1.807) is 0 Å². The van der Waals surface area contributed by atoms with E-state index in [-0.39, 0.29) is 5.41 Å². The van der Waals surface area contributed by atoms with E-state index in [0.717, 1.165) is 6.61 Å². The molecule has 1 aromatic carbocycles. The quantitative estimate of drug-likeness (QED) is 0.883. The Morgan fingerprint density at radius 2 is 2.00 bits per heavy atom. The van der Waals surface area contributed by atoms with Crippen LogP contribution in [0.2, 0.25) is 0 Å². The van der Waals surface area contributed by atoms with Crippen molar-refractivity contribution in [2.45, 2.75) is 45.4 Å². The smallest absolute Gasteiger partial charge is 0.0685 e. The summed E-state index contributed by atoms with van der Waals surface area (Å²) in [6, 6.07) is 11.7. The molecule has 1 aliphatic carbocycles. The minimum Gasteiger partial charge on any atom is -0.377 e. The molecule has 98 valence electrons. The average molecular weight is 245 g/mol. The second-order valence-corrected chi connectivity index (χ2v) is 6.34. The lowest BCUT2D eigenvalue weighted by molar-refractivity contribution is -0.115. The zero-order valence-corrected chi connectivity index (χ0v) is 11.5. The third-order valence-corrected chi connectivity index (χ3v) is 4.83. The fraction of sp³-hybridized carbons (Fsp3) is 0.625. The first kappa shape index (κ1) is 12.2. The molecule has 2 nitrogen and oxygen atoms in total. The molecule has 2 heteroatoms. The predicted molar refractivity (Wildman–Crippen MR) is 73.4 cm³/mol. The minimum absolute atomic E-state index is 0.268. The van der Waals surface area contributed by atoms with Crippen LogP contribution < -0.4 is 5.32 Å². The van der Waals surface area contributed by atoms with Gasteiger partial charge in [-0.2, -0.15) is 0 Å². The summed E-state index contributed by atoms with van der Waals surface area (Å²) in [5.74, 6) is 0.714. The Morgan fingerprint density at radius 3 is 2.72 bits per heavy atom. The van der Waals surface area contributed by atoms with Crippen molar-refractivity contribution >= 4 is 0 Å². The first-order chi connectivity index (χ1) is 8.60. The highest BCUT2D eigenvalue weighted by atomic mass is 16.5. The molecule has 0 spiro atoms. The van der Waals surface area contributed by atoms with Crippen LogP contribution in [0.25, 0.3) is 0 Å². The van der Waals surface area contributed by atoms with Crippen molar-refractivity contribution in [3.8, 4) is 0 Å². The van der Waals surface area contributed by atoms with Crippen LogP contribution in [0.4, 0.5) is 0 Å². The Hall–Kier alpha value is -0.860. The van der Waals surface area contributed by atoms with E-state index in [4.69, 9.17) is 4.74 Å². The molecule has 1 saturated heterocycles. The average Bonchev–Trinajstić information content (AvgIpc) is 2.83. The molecule has 2 fully saturated rings. The van der Waals surface area contributed by atoms with Crippen LogP contribution in [-0.2, 0) is 4.74 Å². The fourth-order valence-corrected chi connectivity index (χ4v) is 3.77. The van der Waals surface area contributed by atoms with Crippen molar-refractivity contribution in [2.75, 3.05) is 6.61 Å². The van der Waals surface area contributed by atoms with Gasteiger partial charge < -0.3 is 10.1 Å². The topological polar surface area (TPSA) is 21.3 Å². The summed E-state index contributed by atoms with van der Waals surface area (Å²) in [5.41, 5.74) is 1.64. The summed E-state index contributed by atoms with van der Waals surface area (Å²) in [6.45, 7) is 7.86. The molecule has 2 aliphatic rings. The van der Waals surface area contributed by atoms with Gasteiger partial charge in [-0.25, -0.2) is 0 Å². The van der Waals surface area contributed by atoms with E-state index >= 15 is 0 Å². The third kappa shape index (κ3) is 1.79. The molecular formula is C16H23NO. The number of ether oxygens (including phenoxy) is 1. The molecule has 3 rings (SSSR count). The Labute approximate surface area is 110 Å². The van der Waals surface area contributed by atoms with E-state index < -0.39 is 0 Å². The van der Waals surface area contributed by atoms with Gasteiger partial charge in [0.05, 0.1) is 6.10 Å². The van der Waals surface area contributed by atoms with Gasteiger partial charge in [0.2, 0.25) is 0 Å². The summed E-state index contributed by atoms with van der Waals surface area (Å²) in [7, 11) is 0. The first-order valence-corrected chi connectivity index (χ1v) is 7.03. The largest absolute Gasteiger partial charge is 0.377 e. The van der Waals surface area contributed by atoms with Crippen LogP contribution in [0.3, 0.4) is 0 Å². The van der Waals surface area contributed by atoms with Gasteiger partial charge in [0.25, 0.3) is 0 Å². The zero-order valence-electron chi connectivity index (χ0n) is 11.5. The van der Waals surface area contributed by atoms with Crippen LogP contribution in [0.15, 0.2) is 30.3 Å². The second-order valence-electron chi connectivity index (χ2n) is 6.34. The predicted octanol–water partition coefficient (Wildman–Crippen LogP) is 3.15. The molecule has 18 heavy (non-hydrogen) atoms. The normalized spacial score (nSPS) is 34.7. The van der Waals surface area contributed by atoms with Gasteiger partial charge in [0, 0.05) is 30.0 Å². The molecule has 1 aromatic rings. The molecule has 0 aromatic heterocycles. The van der Waals surface area contributed by atoms with Gasteiger partial charge in [0.1, 0.15) is 0 Å². The van der Waals surface area contributed by atoms with Crippen molar-refractivity contribution < 1.29 is 4.74 Å². The van der Waals surface area contributed by atoms with Gasteiger partial charge in [0.15, 0.2) is 0 Å². The summed E-state index contributed by atoms with van der Waals surface area (Å²) in [4.78, 5) is 0. The number of fused-ring (bicyclic) bond motifs is 1. The number of nitrogens with one attached hydrogen (secondary N) is 1. The lowest BCUT2D eigenvalue weighted by Crippen LogP contribution is -2.66. The van der Waals surface area contributed by atoms with Crippen LogP contribution in [-0.4, -0.2) is 18.8 Å². The number of hydrogen-bond donors (Lipinski definition) is 1. The molecule has 1 heterocycles. The van der Waals surface area contributed by atoms with Gasteiger partial charge in [-0.1, -0.05) is 44.2 Å². The number of benzene rings is 1. The maximum Gasteiger partial charge on any atom is 0.0685 e. The van der Waals surface area contributed by atoms with E-state index in [1.165, 1.54) is 12.0 Å². The highest BCUT2D eigenvalue weighted by Gasteiger charge is 2.59. The van der Waals surface area contributed by atoms with Crippen molar-refractivity contribution in [1.82, 2.24) is 5.32 Å². The molecule has 1 N–H and O–H groups in total. The van der Waals surface area contributed by atoms with Crippen LogP contribution in [0.1, 0.15) is 38.8 Å². The summed E-state index contributed by atoms with van der Waals surface area (Å²) >= 11 is 0. The van der Waals surface area contributed by atoms with Gasteiger partial charge >= 0.3 is 0 Å². The maximum absolute atomic E-state index is 5.84. The summed E-state index contributed by atoms with van der Waals surface area (Å²) in [6.07, 6.45) is 1.69. The Bertz CT molecular complexity index is 414. The molecular weight excluding hydrogens is 222 g/mol. The van der Waals surface area contributed by atoms with Crippen molar-refractivity contribution in [1.29, 1.82) is 0 Å². The third-order valence-electron chi connectivity index (χ3n) is 4.83. The lowest BCUT2D eigenvalue weighted by atomic mass is 9.57. The molecule has 4 atom stereocenters. The first-order valence-electron chi connectivity index (χ1n) is 7.03. The molecule has 0 radical (unpaired) electrons. The molecule has 3 unspecified atom stereocenters. The van der Waals surface area contributed by atoms with Gasteiger partial charge in [-0.15, -0.1) is 0 Å². The Kier molecular flexibility index (Phi) is 2.95. The number of rotatable bonds is 3. The molecule has 1 saturated carbocycles. The molecule has 0 amide bonds. The van der Waals surface area contributed by atoms with Crippen LogP contribution >= 0.6 is 0 Å². The van der Waals surface area contributed by atoms with E-state index in [2.05, 4.69) is 56.4 Å². The summed E-state index contributed by atoms with van der Waals surface area (Å²) in [5, 5.41) is 3.81. The molecule has 1 aliphatic heterocycles. The van der Waals surface area contributed by atoms with Crippen LogP contribution in [0.5, 0.6) is 0 Å². The highest BCUT2D eigenvalue weighted by molar-refractivity contribution is 5.20.